The summed E-state index contributed by atoms with van der Waals surface area (Å²) in [5.41, 5.74) is 10.8. The quantitative estimate of drug-likeness (QED) is 0.405. The number of hydrogen-bond acceptors (Lipinski definition) is 3. The molecule has 0 saturated carbocycles. The Morgan fingerprint density at radius 1 is 1.00 bits per heavy atom. The van der Waals surface area contributed by atoms with Crippen molar-refractivity contribution in [2.45, 2.75) is 37.6 Å². The van der Waals surface area contributed by atoms with Gasteiger partial charge in [-0.1, -0.05) is 60.7 Å². The lowest BCUT2D eigenvalue weighted by Crippen LogP contribution is -2.46. The van der Waals surface area contributed by atoms with Gasteiger partial charge in [-0.3, -0.25) is 10.4 Å². The number of nitrogens with one attached hydrogen (secondary N) is 3. The van der Waals surface area contributed by atoms with Crippen LogP contribution in [0, 0.1) is 0 Å². The minimum absolute atomic E-state index is 0.253. The fraction of sp³-hybridized carbons (Fsp3) is 0.280. The Labute approximate surface area is 177 Å². The molecular formula is C25H28N4O. The van der Waals surface area contributed by atoms with E-state index in [1.54, 1.807) is 12.4 Å². The highest BCUT2D eigenvalue weighted by molar-refractivity contribution is 5.74. The van der Waals surface area contributed by atoms with Crippen molar-refractivity contribution in [2.75, 3.05) is 6.54 Å². The van der Waals surface area contributed by atoms with Crippen molar-refractivity contribution in [2.24, 2.45) is 0 Å². The van der Waals surface area contributed by atoms with Crippen LogP contribution >= 0.6 is 0 Å². The summed E-state index contributed by atoms with van der Waals surface area (Å²) in [6, 6.07) is 22.0. The summed E-state index contributed by atoms with van der Waals surface area (Å²) in [5.74, 6) is 0.555. The maximum atomic E-state index is 12.5. The van der Waals surface area contributed by atoms with Crippen LogP contribution in [0.15, 0.2) is 79.1 Å². The molecule has 1 heterocycles. The van der Waals surface area contributed by atoms with E-state index in [-0.39, 0.29) is 12.1 Å². The van der Waals surface area contributed by atoms with Crippen LogP contribution in [0.1, 0.15) is 53.5 Å². The number of urea groups is 1. The number of aryl methyl sites for hydroxylation is 1. The van der Waals surface area contributed by atoms with Gasteiger partial charge in [0.2, 0.25) is 0 Å². The summed E-state index contributed by atoms with van der Waals surface area (Å²) in [4.78, 5) is 16.7. The summed E-state index contributed by atoms with van der Waals surface area (Å²) >= 11 is 0. The monoisotopic (exact) mass is 400 g/mol. The molecule has 0 spiro atoms. The van der Waals surface area contributed by atoms with Gasteiger partial charge in [0, 0.05) is 18.9 Å². The van der Waals surface area contributed by atoms with E-state index in [0.717, 1.165) is 24.1 Å². The molecule has 1 aromatic heterocycles. The number of carbonyl (C=O) groups excluding carboxylic acids is 1. The summed E-state index contributed by atoms with van der Waals surface area (Å²) in [5, 5.41) is 3.05. The van der Waals surface area contributed by atoms with E-state index in [1.807, 2.05) is 42.5 Å². The Kier molecular flexibility index (Phi) is 6.72. The molecule has 0 bridgehead atoms. The normalized spacial score (nSPS) is 16.3. The zero-order valence-corrected chi connectivity index (χ0v) is 17.1. The Morgan fingerprint density at radius 3 is 2.63 bits per heavy atom. The fourth-order valence-electron chi connectivity index (χ4n) is 4.26. The Balaban J connectivity index is 1.31. The lowest BCUT2D eigenvalue weighted by Gasteiger charge is -2.25. The molecule has 2 amide bonds. The highest BCUT2D eigenvalue weighted by Gasteiger charge is 2.20. The second-order valence-electron chi connectivity index (χ2n) is 7.73. The van der Waals surface area contributed by atoms with Gasteiger partial charge >= 0.3 is 6.03 Å². The first kappa shape index (κ1) is 20.1. The van der Waals surface area contributed by atoms with Gasteiger partial charge in [-0.2, -0.15) is 0 Å². The van der Waals surface area contributed by atoms with Gasteiger partial charge in [0.15, 0.2) is 0 Å². The summed E-state index contributed by atoms with van der Waals surface area (Å²) < 4.78 is 0. The van der Waals surface area contributed by atoms with Gasteiger partial charge in [-0.15, -0.1) is 0 Å². The Hall–Kier alpha value is -3.18. The van der Waals surface area contributed by atoms with Crippen molar-refractivity contribution in [1.82, 2.24) is 21.2 Å². The summed E-state index contributed by atoms with van der Waals surface area (Å²) in [6.45, 7) is 0.731. The van der Waals surface area contributed by atoms with Crippen LogP contribution in [-0.4, -0.2) is 17.6 Å². The molecule has 5 nitrogen and oxygen atoms in total. The highest BCUT2D eigenvalue weighted by atomic mass is 16.2. The summed E-state index contributed by atoms with van der Waals surface area (Å²) in [6.07, 6.45) is 8.14. The van der Waals surface area contributed by atoms with Crippen LogP contribution in [0.5, 0.6) is 0 Å². The van der Waals surface area contributed by atoms with Crippen LogP contribution in [-0.2, 0) is 6.42 Å². The van der Waals surface area contributed by atoms with E-state index in [1.165, 1.54) is 30.4 Å². The number of hydrazine groups is 1. The number of pyridine rings is 1. The second-order valence-corrected chi connectivity index (χ2v) is 7.73. The minimum Gasteiger partial charge on any atom is -0.326 e. The molecule has 2 atom stereocenters. The second kappa shape index (κ2) is 10.0. The molecule has 0 aliphatic heterocycles. The Bertz CT molecular complexity index is 906. The smallest absolute Gasteiger partial charge is 0.326 e. The maximum Gasteiger partial charge on any atom is 0.329 e. The first-order chi connectivity index (χ1) is 14.8. The molecule has 1 aliphatic rings. The molecule has 1 aliphatic carbocycles. The van der Waals surface area contributed by atoms with Gasteiger partial charge < -0.3 is 5.32 Å². The van der Waals surface area contributed by atoms with Gasteiger partial charge in [0.1, 0.15) is 0 Å². The number of carbonyl (C=O) groups is 1. The van der Waals surface area contributed by atoms with Gasteiger partial charge in [-0.25, -0.2) is 10.2 Å². The third-order valence-electron chi connectivity index (χ3n) is 5.74. The lowest BCUT2D eigenvalue weighted by molar-refractivity contribution is 0.234. The van der Waals surface area contributed by atoms with Crippen molar-refractivity contribution < 1.29 is 4.79 Å². The van der Waals surface area contributed by atoms with Crippen molar-refractivity contribution in [1.29, 1.82) is 0 Å². The lowest BCUT2D eigenvalue weighted by atomic mass is 9.81. The van der Waals surface area contributed by atoms with Gasteiger partial charge in [0.05, 0.1) is 6.04 Å². The largest absolute Gasteiger partial charge is 0.329 e. The molecule has 3 aromatic rings. The topological polar surface area (TPSA) is 66.1 Å². The number of hydrogen-bond donors (Lipinski definition) is 3. The van der Waals surface area contributed by atoms with Crippen molar-refractivity contribution in [3.63, 3.8) is 0 Å². The number of fused-ring (bicyclic) bond motifs is 1. The van der Waals surface area contributed by atoms with E-state index < -0.39 is 0 Å². The zero-order chi connectivity index (χ0) is 20.6. The zero-order valence-electron chi connectivity index (χ0n) is 17.1. The highest BCUT2D eigenvalue weighted by Crippen LogP contribution is 2.33. The predicted molar refractivity (Wildman–Crippen MR) is 119 cm³/mol. The average Bonchev–Trinajstić information content (AvgIpc) is 2.81. The fourth-order valence-corrected chi connectivity index (χ4v) is 4.26. The molecule has 0 fully saturated rings. The standard InChI is InChI=1S/C25H28N4O/c30-25(28-24(21-9-2-1-3-10-21)22-13-7-16-26-18-22)29-27-17-15-20-12-6-11-19-8-4-5-14-23(19)20/h1-5,7-10,13-14,16,18,20,24,27H,6,11-12,15,17H2,(H2,28,29,30). The molecule has 4 rings (SSSR count). The van der Waals surface area contributed by atoms with Crippen molar-refractivity contribution >= 4 is 6.03 Å². The number of benzene rings is 2. The minimum atomic E-state index is -0.257. The maximum absolute atomic E-state index is 12.5. The van der Waals surface area contributed by atoms with Crippen LogP contribution < -0.4 is 16.2 Å². The molecular weight excluding hydrogens is 372 g/mol. The van der Waals surface area contributed by atoms with E-state index in [2.05, 4.69) is 45.4 Å². The summed E-state index contributed by atoms with van der Waals surface area (Å²) in [7, 11) is 0. The number of rotatable bonds is 7. The SMILES string of the molecule is O=C(NNCCC1CCCc2ccccc21)NC(c1ccccc1)c1cccnc1. The Morgan fingerprint density at radius 2 is 1.80 bits per heavy atom. The number of amides is 2. The van der Waals surface area contributed by atoms with Crippen molar-refractivity contribution in [3.8, 4) is 0 Å². The van der Waals surface area contributed by atoms with E-state index >= 15 is 0 Å². The molecule has 0 saturated heterocycles. The molecule has 2 unspecified atom stereocenters. The van der Waals surface area contributed by atoms with Crippen LogP contribution in [0.3, 0.4) is 0 Å². The van der Waals surface area contributed by atoms with Crippen LogP contribution in [0.2, 0.25) is 0 Å². The third-order valence-corrected chi connectivity index (χ3v) is 5.74. The molecule has 2 aromatic carbocycles. The van der Waals surface area contributed by atoms with E-state index in [9.17, 15) is 4.79 Å². The predicted octanol–water partition coefficient (Wildman–Crippen LogP) is 4.49. The number of nitrogens with zero attached hydrogens (tertiary/aromatic N) is 1. The van der Waals surface area contributed by atoms with Crippen LogP contribution in [0.25, 0.3) is 0 Å². The first-order valence-corrected chi connectivity index (χ1v) is 10.6. The van der Waals surface area contributed by atoms with Gasteiger partial charge in [0.25, 0.3) is 0 Å². The molecule has 0 radical (unpaired) electrons. The molecule has 3 N–H and O–H groups in total. The molecule has 30 heavy (non-hydrogen) atoms. The molecule has 5 heteroatoms. The van der Waals surface area contributed by atoms with Crippen LogP contribution in [0.4, 0.5) is 4.79 Å². The van der Waals surface area contributed by atoms with E-state index in [0.29, 0.717) is 5.92 Å². The number of aromatic nitrogens is 1. The van der Waals surface area contributed by atoms with Crippen molar-refractivity contribution in [3.05, 3.63) is 101 Å². The average molecular weight is 401 g/mol. The first-order valence-electron chi connectivity index (χ1n) is 10.6. The molecule has 154 valence electrons. The van der Waals surface area contributed by atoms with Gasteiger partial charge in [-0.05, 0) is 59.9 Å². The van der Waals surface area contributed by atoms with E-state index in [4.69, 9.17) is 0 Å². The third kappa shape index (κ3) is 5.05.